The maximum Gasteiger partial charge on any atom is 0.252 e. The van der Waals surface area contributed by atoms with Gasteiger partial charge in [0, 0.05) is 24.4 Å². The van der Waals surface area contributed by atoms with Crippen molar-refractivity contribution in [2.45, 2.75) is 89.5 Å². The van der Waals surface area contributed by atoms with Crippen molar-refractivity contribution in [1.29, 1.82) is 0 Å². The molecule has 1 amide bonds. The topological polar surface area (TPSA) is 66.0 Å². The Hall–Kier alpha value is -2.39. The number of hydrogen-bond donors (Lipinski definition) is 1. The molecule has 4 atom stereocenters. The number of carbonyl (C=O) groups is 1. The van der Waals surface area contributed by atoms with Crippen LogP contribution in [-0.4, -0.2) is 41.6 Å². The highest BCUT2D eigenvalue weighted by molar-refractivity contribution is 5.85. The lowest BCUT2D eigenvalue weighted by Crippen LogP contribution is -2.60. The van der Waals surface area contributed by atoms with Crippen molar-refractivity contribution in [3.8, 4) is 0 Å². The average molecular weight is 490 g/mol. The van der Waals surface area contributed by atoms with Crippen LogP contribution in [0.2, 0.25) is 0 Å². The first-order chi connectivity index (χ1) is 16.6. The highest BCUT2D eigenvalue weighted by Crippen LogP contribution is 2.44. The van der Waals surface area contributed by atoms with Gasteiger partial charge in [0.25, 0.3) is 5.91 Å². The third-order valence-electron chi connectivity index (χ3n) is 6.32. The molecule has 0 bridgehead atoms. The summed E-state index contributed by atoms with van der Waals surface area (Å²) in [6.45, 7) is 7.50. The number of ether oxygens (including phenoxy) is 4. The van der Waals surface area contributed by atoms with E-state index in [0.29, 0.717) is 5.56 Å². The van der Waals surface area contributed by atoms with Crippen molar-refractivity contribution in [1.82, 2.24) is 5.32 Å². The molecule has 190 valence electrons. The predicted molar refractivity (Wildman–Crippen MR) is 125 cm³/mol. The van der Waals surface area contributed by atoms with Gasteiger partial charge in [-0.3, -0.25) is 4.79 Å². The van der Waals surface area contributed by atoms with Crippen molar-refractivity contribution in [3.05, 3.63) is 71.3 Å². The Morgan fingerprint density at radius 3 is 2.46 bits per heavy atom. The largest absolute Gasteiger partial charge is 0.370 e. The minimum atomic E-state index is -1.27. The molecule has 1 N–H and O–H groups in total. The Labute approximate surface area is 204 Å². The van der Waals surface area contributed by atoms with E-state index in [-0.39, 0.29) is 49.6 Å². The van der Waals surface area contributed by atoms with Gasteiger partial charge in [-0.2, -0.15) is 0 Å². The second-order valence-corrected chi connectivity index (χ2v) is 10.0. The van der Waals surface area contributed by atoms with Crippen molar-refractivity contribution >= 4 is 5.91 Å². The number of fused-ring (bicyclic) bond motifs is 1. The average Bonchev–Trinajstić information content (AvgIpc) is 3.11. The van der Waals surface area contributed by atoms with Crippen molar-refractivity contribution in [3.63, 3.8) is 0 Å². The Morgan fingerprint density at radius 2 is 1.77 bits per heavy atom. The van der Waals surface area contributed by atoms with E-state index in [1.807, 2.05) is 27.7 Å². The first kappa shape index (κ1) is 25.7. The summed E-state index contributed by atoms with van der Waals surface area (Å²) in [6, 6.07) is 12.3. The molecular weight excluding hydrogens is 456 g/mol. The van der Waals surface area contributed by atoms with Crippen molar-refractivity contribution in [2.75, 3.05) is 0 Å². The molecular formula is C27H33F2NO5. The molecule has 1 aliphatic carbocycles. The molecule has 2 aromatic carbocycles. The summed E-state index contributed by atoms with van der Waals surface area (Å²) in [5.41, 5.74) is -0.126. The van der Waals surface area contributed by atoms with E-state index in [0.717, 1.165) is 5.56 Å². The number of nitrogens with one attached hydrogen (secondary N) is 1. The SMILES string of the molecule is CC(C)NC(=O)[C@@]1(OCc2ccc(F)cc2)CC(OCc2ccccc2F)[C@@H]2OC(C)(C)O[C@@H]2C1. The maximum absolute atomic E-state index is 14.2. The Bertz CT molecular complexity index is 1030. The van der Waals surface area contributed by atoms with Gasteiger partial charge in [-0.1, -0.05) is 30.3 Å². The van der Waals surface area contributed by atoms with E-state index < -0.39 is 29.7 Å². The lowest BCUT2D eigenvalue weighted by atomic mass is 9.78. The fourth-order valence-corrected chi connectivity index (χ4v) is 4.72. The first-order valence-electron chi connectivity index (χ1n) is 12.0. The number of rotatable bonds is 8. The zero-order valence-electron chi connectivity index (χ0n) is 20.6. The van der Waals surface area contributed by atoms with Crippen LogP contribution >= 0.6 is 0 Å². The van der Waals surface area contributed by atoms with Crippen LogP contribution in [0.3, 0.4) is 0 Å². The van der Waals surface area contributed by atoms with E-state index in [1.165, 1.54) is 18.2 Å². The normalized spacial score (nSPS) is 27.6. The summed E-state index contributed by atoms with van der Waals surface area (Å²) in [7, 11) is 0. The Morgan fingerprint density at radius 1 is 1.06 bits per heavy atom. The Kier molecular flexibility index (Phi) is 7.57. The zero-order valence-corrected chi connectivity index (χ0v) is 20.6. The molecule has 1 aliphatic heterocycles. The fraction of sp³-hybridized carbons (Fsp3) is 0.519. The molecule has 1 saturated heterocycles. The van der Waals surface area contributed by atoms with Gasteiger partial charge in [0.05, 0.1) is 25.4 Å². The minimum absolute atomic E-state index is 0.0180. The second-order valence-electron chi connectivity index (χ2n) is 10.0. The van der Waals surface area contributed by atoms with Crippen molar-refractivity contribution in [2.24, 2.45) is 0 Å². The number of carbonyl (C=O) groups excluding carboxylic acids is 1. The number of benzene rings is 2. The highest BCUT2D eigenvalue weighted by Gasteiger charge is 2.58. The highest BCUT2D eigenvalue weighted by atomic mass is 19.1. The van der Waals surface area contributed by atoms with Crippen LogP contribution in [0.25, 0.3) is 0 Å². The maximum atomic E-state index is 14.2. The number of amides is 1. The van der Waals surface area contributed by atoms with Crippen LogP contribution in [0.15, 0.2) is 48.5 Å². The van der Waals surface area contributed by atoms with Gasteiger partial charge in [-0.15, -0.1) is 0 Å². The van der Waals surface area contributed by atoms with E-state index in [2.05, 4.69) is 5.32 Å². The third kappa shape index (κ3) is 6.06. The van der Waals surface area contributed by atoms with Crippen LogP contribution in [0.5, 0.6) is 0 Å². The molecule has 1 heterocycles. The molecule has 0 radical (unpaired) electrons. The molecule has 0 aromatic heterocycles. The van der Waals surface area contributed by atoms with Gasteiger partial charge in [0.2, 0.25) is 0 Å². The molecule has 2 aromatic rings. The second kappa shape index (κ2) is 10.3. The summed E-state index contributed by atoms with van der Waals surface area (Å²) < 4.78 is 52.4. The molecule has 6 nitrogen and oxygen atoms in total. The van der Waals surface area contributed by atoms with E-state index in [4.69, 9.17) is 18.9 Å². The molecule has 4 rings (SSSR count). The van der Waals surface area contributed by atoms with Crippen LogP contribution in [0.4, 0.5) is 8.78 Å². The van der Waals surface area contributed by atoms with E-state index in [9.17, 15) is 13.6 Å². The number of halogens is 2. The first-order valence-corrected chi connectivity index (χ1v) is 12.0. The van der Waals surface area contributed by atoms with Gasteiger partial charge in [-0.05, 0) is 51.5 Å². The molecule has 35 heavy (non-hydrogen) atoms. The predicted octanol–water partition coefficient (Wildman–Crippen LogP) is 4.64. The van der Waals surface area contributed by atoms with Gasteiger partial charge in [-0.25, -0.2) is 8.78 Å². The van der Waals surface area contributed by atoms with Crippen LogP contribution in [-0.2, 0) is 37.0 Å². The lowest BCUT2D eigenvalue weighted by Gasteiger charge is -2.43. The smallest absolute Gasteiger partial charge is 0.252 e. The molecule has 0 spiro atoms. The third-order valence-corrected chi connectivity index (χ3v) is 6.32. The fourth-order valence-electron chi connectivity index (χ4n) is 4.72. The molecule has 2 fully saturated rings. The molecule has 2 aliphatic rings. The lowest BCUT2D eigenvalue weighted by molar-refractivity contribution is -0.184. The molecule has 1 saturated carbocycles. The molecule has 1 unspecified atom stereocenters. The minimum Gasteiger partial charge on any atom is -0.370 e. The standard InChI is InChI=1S/C27H33F2NO5/c1-17(2)30-25(31)27(33-15-18-9-11-20(28)12-10-18)13-22(24-23(14-27)34-26(3,4)35-24)32-16-19-7-5-6-8-21(19)29/h5-12,17,22-24H,13-16H2,1-4H3,(H,30,31)/t22?,23-,24+,27-/m1/s1. The van der Waals surface area contributed by atoms with Crippen molar-refractivity contribution < 1.29 is 32.5 Å². The Balaban J connectivity index is 1.61. The zero-order chi connectivity index (χ0) is 25.2. The summed E-state index contributed by atoms with van der Waals surface area (Å²) in [5, 5.41) is 2.97. The summed E-state index contributed by atoms with van der Waals surface area (Å²) in [5.74, 6) is -1.85. The van der Waals surface area contributed by atoms with E-state index in [1.54, 1.807) is 30.3 Å². The quantitative estimate of drug-likeness (QED) is 0.585. The van der Waals surface area contributed by atoms with Gasteiger partial charge >= 0.3 is 0 Å². The van der Waals surface area contributed by atoms with Crippen LogP contribution in [0.1, 0.15) is 51.7 Å². The summed E-state index contributed by atoms with van der Waals surface area (Å²) in [4.78, 5) is 13.5. The molecule has 8 heteroatoms. The monoisotopic (exact) mass is 489 g/mol. The number of hydrogen-bond acceptors (Lipinski definition) is 5. The van der Waals surface area contributed by atoms with Gasteiger partial charge in [0.15, 0.2) is 11.4 Å². The van der Waals surface area contributed by atoms with Crippen LogP contribution < -0.4 is 5.32 Å². The summed E-state index contributed by atoms with van der Waals surface area (Å²) in [6.07, 6.45) is -1.02. The van der Waals surface area contributed by atoms with E-state index >= 15 is 0 Å². The van der Waals surface area contributed by atoms with Crippen LogP contribution in [0, 0.1) is 11.6 Å². The summed E-state index contributed by atoms with van der Waals surface area (Å²) >= 11 is 0. The van der Waals surface area contributed by atoms with Gasteiger partial charge < -0.3 is 24.3 Å². The van der Waals surface area contributed by atoms with Gasteiger partial charge in [0.1, 0.15) is 17.7 Å².